The molecule has 2 N–H and O–H groups in total. The normalized spacial score (nSPS) is 11.8. The second-order valence-electron chi connectivity index (χ2n) is 5.39. The molecule has 2 aromatic rings. The van der Waals surface area contributed by atoms with Crippen molar-refractivity contribution in [2.45, 2.75) is 19.4 Å². The minimum atomic E-state index is -0.346. The summed E-state index contributed by atoms with van der Waals surface area (Å²) in [7, 11) is 1.55. The van der Waals surface area contributed by atoms with Gasteiger partial charge in [-0.15, -0.1) is 0 Å². The third-order valence-corrected chi connectivity index (χ3v) is 4.08. The molecule has 24 heavy (non-hydrogen) atoms. The highest BCUT2D eigenvalue weighted by Crippen LogP contribution is 2.27. The highest BCUT2D eigenvalue weighted by molar-refractivity contribution is 6.31. The van der Waals surface area contributed by atoms with Crippen LogP contribution in [0.3, 0.4) is 0 Å². The van der Waals surface area contributed by atoms with E-state index in [-0.39, 0.29) is 11.9 Å². The van der Waals surface area contributed by atoms with Gasteiger partial charge in [0.05, 0.1) is 18.8 Å². The molecule has 0 aliphatic heterocycles. The van der Waals surface area contributed by atoms with Gasteiger partial charge in [0.2, 0.25) is 5.91 Å². The van der Waals surface area contributed by atoms with Gasteiger partial charge < -0.3 is 15.4 Å². The Bertz CT molecular complexity index is 690. The van der Waals surface area contributed by atoms with Gasteiger partial charge in [-0.25, -0.2) is 0 Å². The molecule has 0 radical (unpaired) electrons. The number of rotatable bonds is 7. The van der Waals surface area contributed by atoms with Crippen LogP contribution in [0.1, 0.15) is 12.5 Å². The predicted molar refractivity (Wildman–Crippen MR) is 99.3 cm³/mol. The van der Waals surface area contributed by atoms with E-state index < -0.39 is 0 Å². The van der Waals surface area contributed by atoms with E-state index in [1.165, 1.54) is 0 Å². The molecular formula is C18H20Cl2N2O2. The lowest BCUT2D eigenvalue weighted by atomic mass is 10.1. The first-order valence-electron chi connectivity index (χ1n) is 7.62. The topological polar surface area (TPSA) is 50.4 Å². The molecular weight excluding hydrogens is 347 g/mol. The first kappa shape index (κ1) is 18.6. The number of amides is 1. The van der Waals surface area contributed by atoms with Crippen LogP contribution < -0.4 is 15.4 Å². The van der Waals surface area contributed by atoms with Gasteiger partial charge in [-0.1, -0.05) is 35.3 Å². The molecule has 0 saturated carbocycles. The fraction of sp³-hybridized carbons (Fsp3) is 0.278. The van der Waals surface area contributed by atoms with E-state index in [2.05, 4.69) is 10.6 Å². The average molecular weight is 367 g/mol. The molecule has 1 amide bonds. The summed E-state index contributed by atoms with van der Waals surface area (Å²) >= 11 is 11.8. The van der Waals surface area contributed by atoms with Gasteiger partial charge in [0.15, 0.2) is 0 Å². The quantitative estimate of drug-likeness (QED) is 0.773. The SMILES string of the molecule is COc1ccc(Cl)cc1NC(=O)[C@@H](C)NCCc1ccc(Cl)cc1. The van der Waals surface area contributed by atoms with Crippen LogP contribution in [0.25, 0.3) is 0 Å². The molecule has 6 heteroatoms. The summed E-state index contributed by atoms with van der Waals surface area (Å²) in [6, 6.07) is 12.4. The molecule has 0 aliphatic carbocycles. The second kappa shape index (κ2) is 8.92. The zero-order valence-electron chi connectivity index (χ0n) is 13.6. The van der Waals surface area contributed by atoms with Gasteiger partial charge in [-0.05, 0) is 55.8 Å². The van der Waals surface area contributed by atoms with Gasteiger partial charge in [0.1, 0.15) is 5.75 Å². The summed E-state index contributed by atoms with van der Waals surface area (Å²) in [4.78, 5) is 12.3. The number of anilines is 1. The number of carbonyl (C=O) groups is 1. The van der Waals surface area contributed by atoms with Gasteiger partial charge >= 0.3 is 0 Å². The molecule has 2 rings (SSSR count). The standard InChI is InChI=1S/C18H20Cl2N2O2/c1-12(21-10-9-13-3-5-14(19)6-4-13)18(23)22-16-11-15(20)7-8-17(16)24-2/h3-8,11-12,21H,9-10H2,1-2H3,(H,22,23)/t12-/m1/s1. The van der Waals surface area contributed by atoms with Crippen molar-refractivity contribution in [1.82, 2.24) is 5.32 Å². The average Bonchev–Trinajstić information content (AvgIpc) is 2.56. The van der Waals surface area contributed by atoms with Crippen LogP contribution in [0.2, 0.25) is 10.0 Å². The first-order chi connectivity index (χ1) is 11.5. The number of hydrogen-bond acceptors (Lipinski definition) is 3. The Labute approximate surface area is 152 Å². The van der Waals surface area contributed by atoms with E-state index in [4.69, 9.17) is 27.9 Å². The third kappa shape index (κ3) is 5.41. The van der Waals surface area contributed by atoms with Crippen LogP contribution in [0, 0.1) is 0 Å². The summed E-state index contributed by atoms with van der Waals surface area (Å²) in [6.07, 6.45) is 0.815. The van der Waals surface area contributed by atoms with Crippen molar-refractivity contribution >= 4 is 34.8 Å². The lowest BCUT2D eigenvalue weighted by Crippen LogP contribution is -2.39. The molecule has 0 bridgehead atoms. The number of halogens is 2. The van der Waals surface area contributed by atoms with E-state index in [0.717, 1.165) is 17.0 Å². The molecule has 4 nitrogen and oxygen atoms in total. The lowest BCUT2D eigenvalue weighted by molar-refractivity contribution is -0.117. The minimum absolute atomic E-state index is 0.147. The van der Waals surface area contributed by atoms with E-state index in [1.807, 2.05) is 31.2 Å². The van der Waals surface area contributed by atoms with Crippen molar-refractivity contribution in [3.05, 3.63) is 58.1 Å². The number of carbonyl (C=O) groups excluding carboxylic acids is 1. The Balaban J connectivity index is 1.86. The highest BCUT2D eigenvalue weighted by Gasteiger charge is 2.14. The van der Waals surface area contributed by atoms with Gasteiger partial charge in [-0.2, -0.15) is 0 Å². The molecule has 0 saturated heterocycles. The van der Waals surface area contributed by atoms with Crippen molar-refractivity contribution in [2.24, 2.45) is 0 Å². The van der Waals surface area contributed by atoms with Crippen molar-refractivity contribution in [3.63, 3.8) is 0 Å². The number of methoxy groups -OCH3 is 1. The monoisotopic (exact) mass is 366 g/mol. The van der Waals surface area contributed by atoms with Gasteiger partial charge in [0, 0.05) is 10.0 Å². The Morgan fingerprint density at radius 2 is 1.79 bits per heavy atom. The predicted octanol–water partition coefficient (Wildman–Crippen LogP) is 4.16. The smallest absolute Gasteiger partial charge is 0.241 e. The Hall–Kier alpha value is -1.75. The zero-order chi connectivity index (χ0) is 17.5. The van der Waals surface area contributed by atoms with E-state index in [1.54, 1.807) is 25.3 Å². The molecule has 2 aromatic carbocycles. The fourth-order valence-electron chi connectivity index (χ4n) is 2.20. The highest BCUT2D eigenvalue weighted by atomic mass is 35.5. The molecule has 0 aromatic heterocycles. The number of hydrogen-bond donors (Lipinski definition) is 2. The van der Waals surface area contributed by atoms with Crippen LogP contribution >= 0.6 is 23.2 Å². The van der Waals surface area contributed by atoms with Crippen molar-refractivity contribution in [2.75, 3.05) is 19.0 Å². The molecule has 0 heterocycles. The maximum Gasteiger partial charge on any atom is 0.241 e. The Morgan fingerprint density at radius 3 is 2.46 bits per heavy atom. The van der Waals surface area contributed by atoms with Crippen molar-refractivity contribution in [3.8, 4) is 5.75 Å². The third-order valence-electron chi connectivity index (χ3n) is 3.59. The van der Waals surface area contributed by atoms with Gasteiger partial charge in [-0.3, -0.25) is 4.79 Å². The van der Waals surface area contributed by atoms with Crippen LogP contribution in [-0.4, -0.2) is 25.6 Å². The van der Waals surface area contributed by atoms with Crippen LogP contribution in [0.4, 0.5) is 5.69 Å². The molecule has 128 valence electrons. The summed E-state index contributed by atoms with van der Waals surface area (Å²) in [5.74, 6) is 0.424. The first-order valence-corrected chi connectivity index (χ1v) is 8.37. The molecule has 0 spiro atoms. The number of nitrogens with one attached hydrogen (secondary N) is 2. The maximum absolute atomic E-state index is 12.3. The van der Waals surface area contributed by atoms with E-state index >= 15 is 0 Å². The second-order valence-corrected chi connectivity index (χ2v) is 6.26. The van der Waals surface area contributed by atoms with Crippen LogP contribution in [0.15, 0.2) is 42.5 Å². The lowest BCUT2D eigenvalue weighted by Gasteiger charge is -2.16. The summed E-state index contributed by atoms with van der Waals surface area (Å²) in [5.41, 5.74) is 1.72. The number of ether oxygens (including phenoxy) is 1. The Kier molecular flexibility index (Phi) is 6.91. The molecule has 0 unspecified atom stereocenters. The van der Waals surface area contributed by atoms with E-state index in [0.29, 0.717) is 23.0 Å². The Morgan fingerprint density at radius 1 is 1.12 bits per heavy atom. The summed E-state index contributed by atoms with van der Waals surface area (Å²) in [6.45, 7) is 2.50. The minimum Gasteiger partial charge on any atom is -0.495 e. The van der Waals surface area contributed by atoms with Crippen molar-refractivity contribution in [1.29, 1.82) is 0 Å². The van der Waals surface area contributed by atoms with Crippen molar-refractivity contribution < 1.29 is 9.53 Å². The van der Waals surface area contributed by atoms with Crippen LogP contribution in [-0.2, 0) is 11.2 Å². The van der Waals surface area contributed by atoms with Crippen LogP contribution in [0.5, 0.6) is 5.75 Å². The fourth-order valence-corrected chi connectivity index (χ4v) is 2.49. The molecule has 1 atom stereocenters. The van der Waals surface area contributed by atoms with Gasteiger partial charge in [0.25, 0.3) is 0 Å². The van der Waals surface area contributed by atoms with E-state index in [9.17, 15) is 4.79 Å². The number of benzene rings is 2. The summed E-state index contributed by atoms with van der Waals surface area (Å²) in [5, 5.41) is 7.28. The zero-order valence-corrected chi connectivity index (χ0v) is 15.1. The molecule has 0 aliphatic rings. The summed E-state index contributed by atoms with van der Waals surface area (Å²) < 4.78 is 5.23. The maximum atomic E-state index is 12.3. The largest absolute Gasteiger partial charge is 0.495 e. The molecule has 0 fully saturated rings.